The lowest BCUT2D eigenvalue weighted by Crippen LogP contribution is -2.36. The lowest BCUT2D eigenvalue weighted by Gasteiger charge is -2.14. The van der Waals surface area contributed by atoms with E-state index in [-0.39, 0.29) is 12.1 Å². The number of benzene rings is 1. The second kappa shape index (κ2) is 8.12. The van der Waals surface area contributed by atoms with E-state index in [0.29, 0.717) is 6.54 Å². The first-order valence-corrected chi connectivity index (χ1v) is 9.09. The molecule has 0 saturated carbocycles. The normalized spacial score (nSPS) is 12.0. The first kappa shape index (κ1) is 18.8. The molecule has 2 N–H and O–H groups in total. The van der Waals surface area contributed by atoms with Gasteiger partial charge in [-0.1, -0.05) is 24.3 Å². The van der Waals surface area contributed by atoms with Crippen LogP contribution in [0.5, 0.6) is 0 Å². The predicted molar refractivity (Wildman–Crippen MR) is 104 cm³/mol. The molecule has 6 heteroatoms. The number of rotatable bonds is 6. The van der Waals surface area contributed by atoms with Crippen LogP contribution in [0.2, 0.25) is 0 Å². The zero-order chi connectivity index (χ0) is 19.4. The van der Waals surface area contributed by atoms with Gasteiger partial charge in [0.2, 0.25) is 0 Å². The molecule has 2 aromatic heterocycles. The van der Waals surface area contributed by atoms with E-state index in [1.807, 2.05) is 52.1 Å². The summed E-state index contributed by atoms with van der Waals surface area (Å²) in [5.74, 6) is 2.67. The van der Waals surface area contributed by atoms with Crippen molar-refractivity contribution in [3.63, 3.8) is 0 Å². The number of hydrogen-bond donors (Lipinski definition) is 2. The topological polar surface area (TPSA) is 72.1 Å². The van der Waals surface area contributed by atoms with Crippen LogP contribution in [-0.4, -0.2) is 15.6 Å². The van der Waals surface area contributed by atoms with E-state index in [0.717, 1.165) is 35.0 Å². The highest BCUT2D eigenvalue weighted by Crippen LogP contribution is 2.21. The Kier molecular flexibility index (Phi) is 5.64. The predicted octanol–water partition coefficient (Wildman–Crippen LogP) is 4.01. The van der Waals surface area contributed by atoms with E-state index in [9.17, 15) is 4.79 Å². The summed E-state index contributed by atoms with van der Waals surface area (Å²) in [6.07, 6.45) is 3.77. The monoisotopic (exact) mass is 366 g/mol. The summed E-state index contributed by atoms with van der Waals surface area (Å²) in [5.41, 5.74) is 3.23. The highest BCUT2D eigenvalue weighted by molar-refractivity contribution is 5.74. The number of nitrogens with zero attached hydrogens (tertiary/aromatic N) is 2. The van der Waals surface area contributed by atoms with Gasteiger partial charge in [-0.15, -0.1) is 0 Å². The van der Waals surface area contributed by atoms with Crippen LogP contribution in [0, 0.1) is 20.8 Å². The van der Waals surface area contributed by atoms with Crippen molar-refractivity contribution in [1.82, 2.24) is 20.2 Å². The molecule has 0 aliphatic carbocycles. The van der Waals surface area contributed by atoms with Crippen LogP contribution in [0.25, 0.3) is 0 Å². The number of carbonyl (C=O) groups excluding carboxylic acids is 1. The summed E-state index contributed by atoms with van der Waals surface area (Å²) in [6, 6.07) is 9.85. The largest absolute Gasteiger partial charge is 0.466 e. The average molecular weight is 366 g/mol. The maximum absolute atomic E-state index is 12.2. The minimum absolute atomic E-state index is 0.113. The van der Waals surface area contributed by atoms with Crippen LogP contribution in [0.3, 0.4) is 0 Å². The van der Waals surface area contributed by atoms with Gasteiger partial charge in [-0.25, -0.2) is 9.78 Å². The first-order chi connectivity index (χ1) is 12.9. The number of imidazole rings is 1. The molecule has 0 aliphatic rings. The van der Waals surface area contributed by atoms with Crippen molar-refractivity contribution in [1.29, 1.82) is 0 Å². The SMILES string of the molecule is Cc1cc(C(C)NC(=O)NCc2cccc(Cn3ccnc3C)c2)c(C)o1. The Balaban J connectivity index is 1.55. The average Bonchev–Trinajstić information content (AvgIpc) is 3.18. The maximum Gasteiger partial charge on any atom is 0.315 e. The van der Waals surface area contributed by atoms with Crippen LogP contribution >= 0.6 is 0 Å². The molecule has 2 amide bonds. The Hall–Kier alpha value is -3.02. The smallest absolute Gasteiger partial charge is 0.315 e. The molecule has 3 aromatic rings. The Bertz CT molecular complexity index is 926. The fourth-order valence-electron chi connectivity index (χ4n) is 3.19. The van der Waals surface area contributed by atoms with E-state index in [4.69, 9.17) is 4.42 Å². The summed E-state index contributed by atoms with van der Waals surface area (Å²) in [4.78, 5) is 16.5. The van der Waals surface area contributed by atoms with Crippen molar-refractivity contribution in [3.05, 3.63) is 76.8 Å². The standard InChI is InChI=1S/C21H26N4O2/c1-14-10-20(16(3)27-14)15(2)24-21(26)23-12-18-6-5-7-19(11-18)13-25-9-8-22-17(25)4/h5-11,15H,12-13H2,1-4H3,(H2,23,24,26). The first-order valence-electron chi connectivity index (χ1n) is 9.09. The van der Waals surface area contributed by atoms with Gasteiger partial charge < -0.3 is 19.6 Å². The van der Waals surface area contributed by atoms with Gasteiger partial charge in [0, 0.05) is 31.0 Å². The Morgan fingerprint density at radius 1 is 1.22 bits per heavy atom. The molecule has 0 spiro atoms. The van der Waals surface area contributed by atoms with Crippen molar-refractivity contribution in [2.45, 2.75) is 46.8 Å². The minimum Gasteiger partial charge on any atom is -0.466 e. The molecular weight excluding hydrogens is 340 g/mol. The lowest BCUT2D eigenvalue weighted by atomic mass is 10.1. The van der Waals surface area contributed by atoms with Crippen LogP contribution in [0.1, 0.15) is 47.0 Å². The van der Waals surface area contributed by atoms with Crippen LogP contribution in [0.15, 0.2) is 47.1 Å². The number of urea groups is 1. The summed E-state index contributed by atoms with van der Waals surface area (Å²) in [7, 11) is 0. The fourth-order valence-corrected chi connectivity index (χ4v) is 3.19. The second-order valence-corrected chi connectivity index (χ2v) is 6.84. The molecule has 0 bridgehead atoms. The fraction of sp³-hybridized carbons (Fsp3) is 0.333. The van der Waals surface area contributed by atoms with Gasteiger partial charge in [0.15, 0.2) is 0 Å². The third-order valence-corrected chi connectivity index (χ3v) is 4.61. The summed E-state index contributed by atoms with van der Waals surface area (Å²) in [5, 5.41) is 5.88. The summed E-state index contributed by atoms with van der Waals surface area (Å²) < 4.78 is 7.63. The highest BCUT2D eigenvalue weighted by atomic mass is 16.3. The second-order valence-electron chi connectivity index (χ2n) is 6.84. The van der Waals surface area contributed by atoms with Gasteiger partial charge in [-0.05, 0) is 44.9 Å². The van der Waals surface area contributed by atoms with Crippen molar-refractivity contribution in [3.8, 4) is 0 Å². The Morgan fingerprint density at radius 3 is 2.67 bits per heavy atom. The molecular formula is C21H26N4O2. The number of nitrogens with one attached hydrogen (secondary N) is 2. The molecule has 1 unspecified atom stereocenters. The minimum atomic E-state index is -0.198. The summed E-state index contributed by atoms with van der Waals surface area (Å²) >= 11 is 0. The van der Waals surface area contributed by atoms with E-state index >= 15 is 0 Å². The van der Waals surface area contributed by atoms with Gasteiger partial charge in [-0.3, -0.25) is 0 Å². The molecule has 3 rings (SSSR count). The quantitative estimate of drug-likeness (QED) is 0.692. The van der Waals surface area contributed by atoms with Gasteiger partial charge in [-0.2, -0.15) is 0 Å². The summed E-state index contributed by atoms with van der Waals surface area (Å²) in [6.45, 7) is 8.99. The number of carbonyl (C=O) groups is 1. The molecule has 1 atom stereocenters. The zero-order valence-corrected chi connectivity index (χ0v) is 16.2. The van der Waals surface area contributed by atoms with Crippen molar-refractivity contribution in [2.75, 3.05) is 0 Å². The van der Waals surface area contributed by atoms with E-state index in [2.05, 4.69) is 32.3 Å². The van der Waals surface area contributed by atoms with Crippen molar-refractivity contribution >= 4 is 6.03 Å². The van der Waals surface area contributed by atoms with Crippen molar-refractivity contribution in [2.24, 2.45) is 0 Å². The molecule has 0 radical (unpaired) electrons. The lowest BCUT2D eigenvalue weighted by molar-refractivity contribution is 0.237. The van der Waals surface area contributed by atoms with Gasteiger partial charge >= 0.3 is 6.03 Å². The number of aryl methyl sites for hydroxylation is 3. The number of furan rings is 1. The molecule has 0 aliphatic heterocycles. The van der Waals surface area contributed by atoms with E-state index in [1.54, 1.807) is 6.20 Å². The number of amides is 2. The van der Waals surface area contributed by atoms with E-state index < -0.39 is 0 Å². The van der Waals surface area contributed by atoms with Crippen LogP contribution in [-0.2, 0) is 13.1 Å². The molecule has 2 heterocycles. The molecule has 0 saturated heterocycles. The van der Waals surface area contributed by atoms with Gasteiger partial charge in [0.05, 0.1) is 6.04 Å². The Labute approximate surface area is 159 Å². The van der Waals surface area contributed by atoms with Crippen LogP contribution < -0.4 is 10.6 Å². The Morgan fingerprint density at radius 2 is 2.00 bits per heavy atom. The number of hydrogen-bond acceptors (Lipinski definition) is 3. The van der Waals surface area contributed by atoms with Crippen LogP contribution in [0.4, 0.5) is 4.79 Å². The van der Waals surface area contributed by atoms with Gasteiger partial charge in [0.25, 0.3) is 0 Å². The highest BCUT2D eigenvalue weighted by Gasteiger charge is 2.14. The molecule has 27 heavy (non-hydrogen) atoms. The van der Waals surface area contributed by atoms with Gasteiger partial charge in [0.1, 0.15) is 17.3 Å². The number of aromatic nitrogens is 2. The zero-order valence-electron chi connectivity index (χ0n) is 16.2. The molecule has 6 nitrogen and oxygen atoms in total. The molecule has 0 fully saturated rings. The molecule has 1 aromatic carbocycles. The molecule has 142 valence electrons. The third kappa shape index (κ3) is 4.78. The maximum atomic E-state index is 12.2. The van der Waals surface area contributed by atoms with E-state index in [1.165, 1.54) is 5.56 Å². The van der Waals surface area contributed by atoms with Crippen molar-refractivity contribution < 1.29 is 9.21 Å². The third-order valence-electron chi connectivity index (χ3n) is 4.61.